The molecule has 0 radical (unpaired) electrons. The van der Waals surface area contributed by atoms with E-state index < -0.39 is 0 Å². The zero-order valence-electron chi connectivity index (χ0n) is 13.2. The van der Waals surface area contributed by atoms with Crippen molar-refractivity contribution in [3.8, 4) is 0 Å². The zero-order valence-corrected chi connectivity index (χ0v) is 13.2. The lowest BCUT2D eigenvalue weighted by molar-refractivity contribution is 1.000. The Balaban J connectivity index is 1.60. The van der Waals surface area contributed by atoms with Crippen molar-refractivity contribution in [1.29, 1.82) is 0 Å². The van der Waals surface area contributed by atoms with E-state index in [1.807, 2.05) is 30.3 Å². The SMILES string of the molecule is Cc1ccccc1Nc1cc(NCCc2ccccc2)ncn1. The molecule has 4 nitrogen and oxygen atoms in total. The normalized spacial score (nSPS) is 10.3. The van der Waals surface area contributed by atoms with Crippen LogP contribution in [0.4, 0.5) is 17.3 Å². The molecule has 0 aliphatic heterocycles. The van der Waals surface area contributed by atoms with Gasteiger partial charge >= 0.3 is 0 Å². The minimum absolute atomic E-state index is 0.788. The number of anilines is 3. The predicted molar refractivity (Wildman–Crippen MR) is 95.1 cm³/mol. The van der Waals surface area contributed by atoms with Crippen LogP contribution in [-0.4, -0.2) is 16.5 Å². The molecule has 3 aromatic rings. The highest BCUT2D eigenvalue weighted by Gasteiger charge is 2.01. The zero-order chi connectivity index (χ0) is 15.9. The van der Waals surface area contributed by atoms with Crippen LogP contribution >= 0.6 is 0 Å². The molecule has 0 aliphatic carbocycles. The van der Waals surface area contributed by atoms with E-state index in [1.165, 1.54) is 11.1 Å². The highest BCUT2D eigenvalue weighted by atomic mass is 15.1. The average Bonchev–Trinajstić information content (AvgIpc) is 2.58. The van der Waals surface area contributed by atoms with E-state index in [0.717, 1.165) is 30.3 Å². The van der Waals surface area contributed by atoms with Gasteiger partial charge in [0, 0.05) is 18.3 Å². The van der Waals surface area contributed by atoms with E-state index in [0.29, 0.717) is 0 Å². The van der Waals surface area contributed by atoms with Gasteiger partial charge in [0.05, 0.1) is 0 Å². The van der Waals surface area contributed by atoms with Gasteiger partial charge in [0.1, 0.15) is 18.0 Å². The first-order valence-electron chi connectivity index (χ1n) is 7.74. The number of para-hydroxylation sites is 1. The molecule has 116 valence electrons. The third-order valence-corrected chi connectivity index (χ3v) is 3.64. The molecule has 0 amide bonds. The molecule has 0 bridgehead atoms. The number of benzene rings is 2. The molecule has 0 saturated carbocycles. The van der Waals surface area contributed by atoms with Crippen molar-refractivity contribution in [1.82, 2.24) is 9.97 Å². The van der Waals surface area contributed by atoms with Gasteiger partial charge in [0.2, 0.25) is 0 Å². The van der Waals surface area contributed by atoms with Crippen molar-refractivity contribution >= 4 is 17.3 Å². The summed E-state index contributed by atoms with van der Waals surface area (Å²) >= 11 is 0. The summed E-state index contributed by atoms with van der Waals surface area (Å²) in [6.07, 6.45) is 2.54. The molecule has 0 fully saturated rings. The number of rotatable bonds is 6. The molecule has 0 aliphatic rings. The third-order valence-electron chi connectivity index (χ3n) is 3.64. The molecule has 1 aromatic heterocycles. The van der Waals surface area contributed by atoms with Crippen LogP contribution in [0, 0.1) is 6.92 Å². The minimum Gasteiger partial charge on any atom is -0.370 e. The molecule has 2 N–H and O–H groups in total. The number of aryl methyl sites for hydroxylation is 1. The molecule has 0 saturated heterocycles. The van der Waals surface area contributed by atoms with Gasteiger partial charge in [-0.15, -0.1) is 0 Å². The highest BCUT2D eigenvalue weighted by molar-refractivity contribution is 5.61. The second kappa shape index (κ2) is 7.40. The lowest BCUT2D eigenvalue weighted by atomic mass is 10.1. The monoisotopic (exact) mass is 304 g/mol. The number of nitrogens with one attached hydrogen (secondary N) is 2. The summed E-state index contributed by atoms with van der Waals surface area (Å²) < 4.78 is 0. The number of hydrogen-bond acceptors (Lipinski definition) is 4. The van der Waals surface area contributed by atoms with Crippen molar-refractivity contribution in [3.63, 3.8) is 0 Å². The summed E-state index contributed by atoms with van der Waals surface area (Å²) in [7, 11) is 0. The standard InChI is InChI=1S/C19H20N4/c1-15-7-5-6-10-17(15)23-19-13-18(21-14-22-19)20-12-11-16-8-3-2-4-9-16/h2-10,13-14H,11-12H2,1H3,(H2,20,21,22,23). The molecule has 0 spiro atoms. The maximum atomic E-state index is 4.28. The minimum atomic E-state index is 0.788. The van der Waals surface area contributed by atoms with Crippen molar-refractivity contribution in [2.45, 2.75) is 13.3 Å². The van der Waals surface area contributed by atoms with Crippen LogP contribution in [-0.2, 0) is 6.42 Å². The van der Waals surface area contributed by atoms with Crippen molar-refractivity contribution in [2.75, 3.05) is 17.2 Å². The summed E-state index contributed by atoms with van der Waals surface area (Å²) in [4.78, 5) is 8.55. The molecular formula is C19H20N4. The van der Waals surface area contributed by atoms with Gasteiger partial charge in [-0.3, -0.25) is 0 Å². The van der Waals surface area contributed by atoms with E-state index in [2.05, 4.69) is 57.9 Å². The Bertz CT molecular complexity index is 756. The lowest BCUT2D eigenvalue weighted by Crippen LogP contribution is -2.07. The first-order valence-corrected chi connectivity index (χ1v) is 7.74. The summed E-state index contributed by atoms with van der Waals surface area (Å²) in [5, 5.41) is 6.67. The molecule has 3 rings (SSSR count). The van der Waals surface area contributed by atoms with Crippen LogP contribution in [0.15, 0.2) is 67.0 Å². The predicted octanol–water partition coefficient (Wildman–Crippen LogP) is 4.18. The van der Waals surface area contributed by atoms with Crippen molar-refractivity contribution in [3.05, 3.63) is 78.1 Å². The Hall–Kier alpha value is -2.88. The maximum absolute atomic E-state index is 4.28. The molecule has 0 atom stereocenters. The lowest BCUT2D eigenvalue weighted by Gasteiger charge is -2.10. The van der Waals surface area contributed by atoms with Gasteiger partial charge < -0.3 is 10.6 Å². The first kappa shape index (κ1) is 15.0. The van der Waals surface area contributed by atoms with Gasteiger partial charge in [-0.2, -0.15) is 0 Å². The number of aromatic nitrogens is 2. The Labute approximate surface area is 136 Å². The summed E-state index contributed by atoms with van der Waals surface area (Å²) in [5.41, 5.74) is 3.55. The molecule has 1 heterocycles. The molecule has 4 heteroatoms. The van der Waals surface area contributed by atoms with Crippen LogP contribution in [0.5, 0.6) is 0 Å². The average molecular weight is 304 g/mol. The largest absolute Gasteiger partial charge is 0.370 e. The summed E-state index contributed by atoms with van der Waals surface area (Å²) in [6.45, 7) is 2.91. The Morgan fingerprint density at radius 2 is 1.61 bits per heavy atom. The number of hydrogen-bond donors (Lipinski definition) is 2. The maximum Gasteiger partial charge on any atom is 0.135 e. The topological polar surface area (TPSA) is 49.8 Å². The fourth-order valence-electron chi connectivity index (χ4n) is 2.35. The van der Waals surface area contributed by atoms with E-state index in [4.69, 9.17) is 0 Å². The van der Waals surface area contributed by atoms with Gasteiger partial charge in [0.15, 0.2) is 0 Å². The van der Waals surface area contributed by atoms with Gasteiger partial charge in [-0.1, -0.05) is 48.5 Å². The van der Waals surface area contributed by atoms with Crippen molar-refractivity contribution < 1.29 is 0 Å². The van der Waals surface area contributed by atoms with Crippen LogP contribution < -0.4 is 10.6 Å². The van der Waals surface area contributed by atoms with Crippen LogP contribution in [0.2, 0.25) is 0 Å². The van der Waals surface area contributed by atoms with Gasteiger partial charge in [-0.05, 0) is 30.5 Å². The second-order valence-corrected chi connectivity index (χ2v) is 5.39. The Kier molecular flexibility index (Phi) is 4.84. The van der Waals surface area contributed by atoms with Crippen LogP contribution in [0.1, 0.15) is 11.1 Å². The van der Waals surface area contributed by atoms with Crippen LogP contribution in [0.25, 0.3) is 0 Å². The Morgan fingerprint density at radius 3 is 2.43 bits per heavy atom. The van der Waals surface area contributed by atoms with E-state index in [-0.39, 0.29) is 0 Å². The second-order valence-electron chi connectivity index (χ2n) is 5.39. The number of nitrogens with zero attached hydrogens (tertiary/aromatic N) is 2. The van der Waals surface area contributed by atoms with E-state index in [9.17, 15) is 0 Å². The van der Waals surface area contributed by atoms with Crippen molar-refractivity contribution in [2.24, 2.45) is 0 Å². The molecular weight excluding hydrogens is 284 g/mol. The summed E-state index contributed by atoms with van der Waals surface area (Å²) in [5.74, 6) is 1.61. The van der Waals surface area contributed by atoms with Crippen LogP contribution in [0.3, 0.4) is 0 Å². The summed E-state index contributed by atoms with van der Waals surface area (Å²) in [6, 6.07) is 20.5. The smallest absolute Gasteiger partial charge is 0.135 e. The third kappa shape index (κ3) is 4.30. The fraction of sp³-hybridized carbons (Fsp3) is 0.158. The quantitative estimate of drug-likeness (QED) is 0.717. The highest BCUT2D eigenvalue weighted by Crippen LogP contribution is 2.19. The first-order chi connectivity index (χ1) is 11.3. The molecule has 0 unspecified atom stereocenters. The van der Waals surface area contributed by atoms with Gasteiger partial charge in [-0.25, -0.2) is 9.97 Å². The Morgan fingerprint density at radius 1 is 0.870 bits per heavy atom. The van der Waals surface area contributed by atoms with E-state index in [1.54, 1.807) is 6.33 Å². The van der Waals surface area contributed by atoms with E-state index >= 15 is 0 Å². The van der Waals surface area contributed by atoms with Gasteiger partial charge in [0.25, 0.3) is 0 Å². The fourth-order valence-corrected chi connectivity index (χ4v) is 2.35. The molecule has 2 aromatic carbocycles. The molecule has 23 heavy (non-hydrogen) atoms.